The number of urea groups is 1. The molecular weight excluding hydrogens is 312 g/mol. The van der Waals surface area contributed by atoms with Crippen molar-refractivity contribution in [2.24, 2.45) is 17.3 Å². The predicted molar refractivity (Wildman–Crippen MR) is 87.4 cm³/mol. The van der Waals surface area contributed by atoms with Gasteiger partial charge in [-0.05, 0) is 57.8 Å². The van der Waals surface area contributed by atoms with Gasteiger partial charge in [0.2, 0.25) is 0 Å². The Morgan fingerprint density at radius 3 is 2.50 bits per heavy atom. The third kappa shape index (κ3) is 3.65. The van der Waals surface area contributed by atoms with E-state index in [-0.39, 0.29) is 25.0 Å². The fourth-order valence-corrected chi connectivity index (χ4v) is 3.69. The molecule has 24 heavy (non-hydrogen) atoms. The van der Waals surface area contributed by atoms with Crippen LogP contribution in [0.3, 0.4) is 0 Å². The lowest BCUT2D eigenvalue weighted by Crippen LogP contribution is -2.60. The number of carboxylic acids is 1. The van der Waals surface area contributed by atoms with E-state index >= 15 is 0 Å². The lowest BCUT2D eigenvalue weighted by Gasteiger charge is -2.34. The molecule has 2 aliphatic carbocycles. The summed E-state index contributed by atoms with van der Waals surface area (Å²) in [7, 11) is 0. The minimum atomic E-state index is -1.14. The molecule has 0 heterocycles. The van der Waals surface area contributed by atoms with E-state index in [1.54, 1.807) is 13.8 Å². The van der Waals surface area contributed by atoms with Crippen molar-refractivity contribution in [1.82, 2.24) is 10.6 Å². The Labute approximate surface area is 142 Å². The molecule has 0 aromatic rings. The van der Waals surface area contributed by atoms with Gasteiger partial charge in [-0.15, -0.1) is 0 Å². The highest BCUT2D eigenvalue weighted by Gasteiger charge is 2.56. The van der Waals surface area contributed by atoms with Crippen molar-refractivity contribution in [3.63, 3.8) is 0 Å². The third-order valence-corrected chi connectivity index (χ3v) is 5.62. The largest absolute Gasteiger partial charge is 0.479 e. The highest BCUT2D eigenvalue weighted by molar-refractivity contribution is 5.87. The van der Waals surface area contributed by atoms with Crippen molar-refractivity contribution in [3.05, 3.63) is 0 Å². The Morgan fingerprint density at radius 2 is 2.00 bits per heavy atom. The molecule has 3 atom stereocenters. The number of rotatable bonds is 7. The van der Waals surface area contributed by atoms with Gasteiger partial charge < -0.3 is 20.5 Å². The smallest absolute Gasteiger partial charge is 0.329 e. The number of hydrogen-bond donors (Lipinski definition) is 3. The molecule has 0 aliphatic heterocycles. The molecule has 3 unspecified atom stereocenters. The maximum atomic E-state index is 12.1. The van der Waals surface area contributed by atoms with E-state index in [1.807, 2.05) is 6.92 Å². The predicted octanol–water partition coefficient (Wildman–Crippen LogP) is 1.91. The van der Waals surface area contributed by atoms with Crippen molar-refractivity contribution < 1.29 is 24.2 Å². The van der Waals surface area contributed by atoms with Gasteiger partial charge in [0.1, 0.15) is 12.1 Å². The number of hydrogen-bond acceptors (Lipinski definition) is 4. The quantitative estimate of drug-likeness (QED) is 0.485. The van der Waals surface area contributed by atoms with Gasteiger partial charge in [-0.3, -0.25) is 4.79 Å². The Kier molecular flexibility index (Phi) is 5.40. The number of carboxylic acid groups (broad SMARTS) is 1. The third-order valence-electron chi connectivity index (χ3n) is 5.62. The Balaban J connectivity index is 1.77. The van der Waals surface area contributed by atoms with Crippen molar-refractivity contribution in [2.45, 2.75) is 58.4 Å². The van der Waals surface area contributed by atoms with Gasteiger partial charge in [-0.2, -0.15) is 0 Å². The minimum absolute atomic E-state index is 0.00827. The topological polar surface area (TPSA) is 105 Å². The standard InChI is InChI=1S/C17H28N2O5/c1-4-16(2,3)14(22)24-8-7-18-15(23)19-17(13(20)21)10-11-5-6-12(17)9-11/h11-12H,4-10H2,1-3H3,(H,20,21)(H2,18,19,23). The van der Waals surface area contributed by atoms with Gasteiger partial charge in [-0.25, -0.2) is 9.59 Å². The van der Waals surface area contributed by atoms with Gasteiger partial charge >= 0.3 is 18.0 Å². The number of carbonyl (C=O) groups excluding carboxylic acids is 2. The highest BCUT2D eigenvalue weighted by Crippen LogP contribution is 2.50. The first kappa shape index (κ1) is 18.5. The average molecular weight is 340 g/mol. The van der Waals surface area contributed by atoms with Gasteiger partial charge in [0.15, 0.2) is 0 Å². The zero-order valence-electron chi connectivity index (χ0n) is 14.7. The first-order valence-electron chi connectivity index (χ1n) is 8.68. The van der Waals surface area contributed by atoms with Crippen molar-refractivity contribution in [2.75, 3.05) is 13.2 Å². The Bertz CT molecular complexity index is 519. The van der Waals surface area contributed by atoms with Crippen LogP contribution in [0.15, 0.2) is 0 Å². The molecule has 0 aromatic carbocycles. The van der Waals surface area contributed by atoms with Crippen LogP contribution in [0.5, 0.6) is 0 Å². The fraction of sp³-hybridized carbons (Fsp3) is 0.824. The molecule has 2 saturated carbocycles. The van der Waals surface area contributed by atoms with E-state index in [1.165, 1.54) is 0 Å². The van der Waals surface area contributed by atoms with E-state index in [4.69, 9.17) is 4.74 Å². The second kappa shape index (κ2) is 6.99. The molecule has 0 radical (unpaired) electrons. The number of carbonyl (C=O) groups is 3. The first-order chi connectivity index (χ1) is 11.2. The molecule has 7 heteroatoms. The van der Waals surface area contributed by atoms with Crippen LogP contribution in [0.2, 0.25) is 0 Å². The van der Waals surface area contributed by atoms with Gasteiger partial charge in [0.25, 0.3) is 0 Å². The molecule has 0 saturated heterocycles. The van der Waals surface area contributed by atoms with Crippen LogP contribution in [0.4, 0.5) is 4.79 Å². The molecule has 136 valence electrons. The monoisotopic (exact) mass is 340 g/mol. The number of ether oxygens (including phenoxy) is 1. The van der Waals surface area contributed by atoms with Crippen LogP contribution in [0.25, 0.3) is 0 Å². The lowest BCUT2D eigenvalue weighted by atomic mass is 9.81. The SMILES string of the molecule is CCC(C)(C)C(=O)OCCNC(=O)NC1(C(=O)O)CC2CCC1C2. The summed E-state index contributed by atoms with van der Waals surface area (Å²) in [6, 6.07) is -0.518. The second-order valence-electron chi connectivity index (χ2n) is 7.61. The van der Waals surface area contributed by atoms with E-state index in [0.29, 0.717) is 18.8 Å². The summed E-state index contributed by atoms with van der Waals surface area (Å²) in [5, 5.41) is 14.8. The number of fused-ring (bicyclic) bond motifs is 2. The zero-order chi connectivity index (χ0) is 18.0. The number of nitrogens with one attached hydrogen (secondary N) is 2. The van der Waals surface area contributed by atoms with Crippen molar-refractivity contribution in [1.29, 1.82) is 0 Å². The van der Waals surface area contributed by atoms with Crippen LogP contribution in [-0.2, 0) is 14.3 Å². The maximum Gasteiger partial charge on any atom is 0.329 e. The normalized spacial score (nSPS) is 28.5. The van der Waals surface area contributed by atoms with Crippen LogP contribution in [0.1, 0.15) is 52.9 Å². The van der Waals surface area contributed by atoms with Crippen LogP contribution >= 0.6 is 0 Å². The molecule has 2 bridgehead atoms. The van der Waals surface area contributed by atoms with E-state index in [2.05, 4.69) is 10.6 Å². The van der Waals surface area contributed by atoms with Gasteiger partial charge in [0, 0.05) is 0 Å². The average Bonchev–Trinajstić information content (AvgIpc) is 3.12. The molecule has 7 nitrogen and oxygen atoms in total. The number of aliphatic carboxylic acids is 1. The summed E-state index contributed by atoms with van der Waals surface area (Å²) in [5.74, 6) is -0.860. The van der Waals surface area contributed by atoms with E-state index in [9.17, 15) is 19.5 Å². The summed E-state index contributed by atoms with van der Waals surface area (Å²) in [5.41, 5.74) is -1.69. The lowest BCUT2D eigenvalue weighted by molar-refractivity contribution is -0.153. The molecule has 0 aromatic heterocycles. The number of esters is 1. The molecule has 2 aliphatic rings. The minimum Gasteiger partial charge on any atom is -0.479 e. The highest BCUT2D eigenvalue weighted by atomic mass is 16.5. The fourth-order valence-electron chi connectivity index (χ4n) is 3.69. The van der Waals surface area contributed by atoms with Crippen molar-refractivity contribution in [3.8, 4) is 0 Å². The molecular formula is C17H28N2O5. The second-order valence-corrected chi connectivity index (χ2v) is 7.61. The van der Waals surface area contributed by atoms with Crippen LogP contribution in [0, 0.1) is 17.3 Å². The molecule has 3 N–H and O–H groups in total. The maximum absolute atomic E-state index is 12.1. The molecule has 0 spiro atoms. The van der Waals surface area contributed by atoms with E-state index in [0.717, 1.165) is 19.3 Å². The molecule has 2 rings (SSSR count). The van der Waals surface area contributed by atoms with Gasteiger partial charge in [0.05, 0.1) is 12.0 Å². The molecule has 2 fully saturated rings. The summed E-state index contributed by atoms with van der Waals surface area (Å²) >= 11 is 0. The first-order valence-corrected chi connectivity index (χ1v) is 8.68. The number of amides is 2. The summed E-state index contributed by atoms with van der Waals surface area (Å²) < 4.78 is 5.14. The summed E-state index contributed by atoms with van der Waals surface area (Å²) in [4.78, 5) is 35.6. The summed E-state index contributed by atoms with van der Waals surface area (Å²) in [6.45, 7) is 5.75. The van der Waals surface area contributed by atoms with Crippen molar-refractivity contribution >= 4 is 18.0 Å². The Hall–Kier alpha value is -1.79. The van der Waals surface area contributed by atoms with E-state index < -0.39 is 23.0 Å². The Morgan fingerprint density at radius 1 is 1.29 bits per heavy atom. The van der Waals surface area contributed by atoms with Crippen LogP contribution < -0.4 is 10.6 Å². The van der Waals surface area contributed by atoms with Crippen LogP contribution in [-0.4, -0.2) is 41.8 Å². The summed E-state index contributed by atoms with van der Waals surface area (Å²) in [6.07, 6.45) is 3.94. The van der Waals surface area contributed by atoms with Gasteiger partial charge in [-0.1, -0.05) is 6.92 Å². The molecule has 2 amide bonds. The zero-order valence-corrected chi connectivity index (χ0v) is 14.7.